The molecular formula is C13H7BrClFN2O3. The number of nitro benzene ring substituents is 1. The zero-order chi connectivity index (χ0) is 15.6. The van der Waals surface area contributed by atoms with Crippen molar-refractivity contribution in [3.8, 4) is 0 Å². The summed E-state index contributed by atoms with van der Waals surface area (Å²) in [4.78, 5) is 22.1. The first-order valence-electron chi connectivity index (χ1n) is 5.59. The molecule has 0 saturated heterocycles. The van der Waals surface area contributed by atoms with Crippen LogP contribution in [-0.4, -0.2) is 10.8 Å². The Kier molecular flexibility index (Phi) is 4.54. The number of benzene rings is 2. The van der Waals surface area contributed by atoms with E-state index < -0.39 is 16.6 Å². The zero-order valence-electron chi connectivity index (χ0n) is 10.3. The number of anilines is 1. The molecule has 0 bridgehead atoms. The number of hydrogen-bond acceptors (Lipinski definition) is 3. The summed E-state index contributed by atoms with van der Waals surface area (Å²) in [6.07, 6.45) is 0. The maximum atomic E-state index is 13.6. The van der Waals surface area contributed by atoms with Crippen molar-refractivity contribution < 1.29 is 14.1 Å². The monoisotopic (exact) mass is 372 g/mol. The fraction of sp³-hybridized carbons (Fsp3) is 0. The first-order chi connectivity index (χ1) is 9.90. The molecule has 1 amide bonds. The Morgan fingerprint density at radius 1 is 1.33 bits per heavy atom. The lowest BCUT2D eigenvalue weighted by molar-refractivity contribution is -0.384. The Labute approximate surface area is 132 Å². The molecule has 0 spiro atoms. The molecule has 0 aliphatic carbocycles. The summed E-state index contributed by atoms with van der Waals surface area (Å²) in [5, 5.41) is 12.8. The third-order valence-corrected chi connectivity index (χ3v) is 3.49. The van der Waals surface area contributed by atoms with Gasteiger partial charge in [-0.2, -0.15) is 0 Å². The van der Waals surface area contributed by atoms with Crippen molar-refractivity contribution in [2.24, 2.45) is 0 Å². The van der Waals surface area contributed by atoms with Gasteiger partial charge in [0.05, 0.1) is 16.2 Å². The number of nitrogens with zero attached hydrogens (tertiary/aromatic N) is 1. The largest absolute Gasteiger partial charge is 0.319 e. The predicted molar refractivity (Wildman–Crippen MR) is 80.2 cm³/mol. The van der Waals surface area contributed by atoms with Crippen LogP contribution in [0.2, 0.25) is 5.02 Å². The van der Waals surface area contributed by atoms with E-state index in [1.807, 2.05) is 0 Å². The number of nitro groups is 1. The highest BCUT2D eigenvalue weighted by atomic mass is 79.9. The molecule has 2 aromatic carbocycles. The van der Waals surface area contributed by atoms with E-state index in [1.54, 1.807) is 6.07 Å². The van der Waals surface area contributed by atoms with Crippen LogP contribution in [0, 0.1) is 15.9 Å². The van der Waals surface area contributed by atoms with Crippen LogP contribution < -0.4 is 5.32 Å². The van der Waals surface area contributed by atoms with Gasteiger partial charge in [-0.15, -0.1) is 0 Å². The Morgan fingerprint density at radius 2 is 2.05 bits per heavy atom. The molecule has 0 aliphatic heterocycles. The lowest BCUT2D eigenvalue weighted by Gasteiger charge is -2.08. The fourth-order valence-electron chi connectivity index (χ4n) is 1.62. The second-order valence-electron chi connectivity index (χ2n) is 3.97. The summed E-state index contributed by atoms with van der Waals surface area (Å²) in [5.74, 6) is -1.37. The first kappa shape index (κ1) is 15.4. The smallest absolute Gasteiger partial charge is 0.288 e. The molecule has 0 unspecified atom stereocenters. The van der Waals surface area contributed by atoms with Crippen LogP contribution in [0.4, 0.5) is 15.8 Å². The van der Waals surface area contributed by atoms with Gasteiger partial charge in [-0.3, -0.25) is 14.9 Å². The molecule has 0 fully saturated rings. The molecule has 0 radical (unpaired) electrons. The minimum absolute atomic E-state index is 0.0502. The molecule has 5 nitrogen and oxygen atoms in total. The number of halogens is 3. The van der Waals surface area contributed by atoms with E-state index in [1.165, 1.54) is 30.3 Å². The van der Waals surface area contributed by atoms with E-state index in [2.05, 4.69) is 21.2 Å². The maximum Gasteiger partial charge on any atom is 0.288 e. The van der Waals surface area contributed by atoms with Gasteiger partial charge in [0.25, 0.3) is 11.6 Å². The minimum Gasteiger partial charge on any atom is -0.319 e. The van der Waals surface area contributed by atoms with Crippen LogP contribution in [0.25, 0.3) is 0 Å². The third kappa shape index (κ3) is 3.37. The van der Waals surface area contributed by atoms with Crippen LogP contribution in [0.3, 0.4) is 0 Å². The number of rotatable bonds is 3. The maximum absolute atomic E-state index is 13.6. The van der Waals surface area contributed by atoms with E-state index in [0.29, 0.717) is 4.47 Å². The molecule has 21 heavy (non-hydrogen) atoms. The van der Waals surface area contributed by atoms with Crippen molar-refractivity contribution in [3.63, 3.8) is 0 Å². The van der Waals surface area contributed by atoms with Gasteiger partial charge in [0.15, 0.2) is 0 Å². The van der Waals surface area contributed by atoms with Crippen LogP contribution in [0.1, 0.15) is 10.4 Å². The molecule has 2 aromatic rings. The molecule has 1 N–H and O–H groups in total. The lowest BCUT2D eigenvalue weighted by Crippen LogP contribution is -2.14. The molecule has 0 aliphatic rings. The topological polar surface area (TPSA) is 72.2 Å². The summed E-state index contributed by atoms with van der Waals surface area (Å²) in [6.45, 7) is 0. The molecule has 0 saturated carbocycles. The highest BCUT2D eigenvalue weighted by Gasteiger charge is 2.20. The van der Waals surface area contributed by atoms with Gasteiger partial charge < -0.3 is 5.32 Å². The molecule has 0 aromatic heterocycles. The van der Waals surface area contributed by atoms with Crippen molar-refractivity contribution in [2.75, 3.05) is 5.32 Å². The number of amides is 1. The van der Waals surface area contributed by atoms with E-state index in [-0.39, 0.29) is 22.0 Å². The number of carbonyl (C=O) groups excluding carboxylic acids is 1. The van der Waals surface area contributed by atoms with Gasteiger partial charge in [0, 0.05) is 10.5 Å². The predicted octanol–water partition coefficient (Wildman–Crippen LogP) is 4.40. The van der Waals surface area contributed by atoms with Gasteiger partial charge in [-0.1, -0.05) is 33.6 Å². The zero-order valence-corrected chi connectivity index (χ0v) is 12.6. The quantitative estimate of drug-likeness (QED) is 0.640. The molecular weight excluding hydrogens is 367 g/mol. The summed E-state index contributed by atoms with van der Waals surface area (Å²) in [6, 6.07) is 7.93. The van der Waals surface area contributed by atoms with Crippen molar-refractivity contribution in [1.29, 1.82) is 0 Å². The molecule has 8 heteroatoms. The van der Waals surface area contributed by atoms with Gasteiger partial charge in [-0.05, 0) is 24.3 Å². The van der Waals surface area contributed by atoms with Gasteiger partial charge in [0.1, 0.15) is 10.8 Å². The summed E-state index contributed by atoms with van der Waals surface area (Å²) in [7, 11) is 0. The highest BCUT2D eigenvalue weighted by Crippen LogP contribution is 2.28. The first-order valence-corrected chi connectivity index (χ1v) is 6.76. The summed E-state index contributed by atoms with van der Waals surface area (Å²) < 4.78 is 14.2. The molecule has 0 heterocycles. The van der Waals surface area contributed by atoms with Crippen molar-refractivity contribution in [2.45, 2.75) is 0 Å². The molecule has 0 atom stereocenters. The van der Waals surface area contributed by atoms with Crippen LogP contribution in [0.5, 0.6) is 0 Å². The van der Waals surface area contributed by atoms with Crippen LogP contribution in [-0.2, 0) is 0 Å². The van der Waals surface area contributed by atoms with E-state index in [4.69, 9.17) is 11.6 Å². The Balaban J connectivity index is 2.33. The number of hydrogen-bond donors (Lipinski definition) is 1. The summed E-state index contributed by atoms with van der Waals surface area (Å²) in [5.41, 5.74) is -0.542. The van der Waals surface area contributed by atoms with Crippen molar-refractivity contribution >= 4 is 44.8 Å². The van der Waals surface area contributed by atoms with E-state index in [0.717, 1.165) is 0 Å². The minimum atomic E-state index is -0.732. The third-order valence-electron chi connectivity index (χ3n) is 2.60. The second kappa shape index (κ2) is 6.19. The van der Waals surface area contributed by atoms with Crippen molar-refractivity contribution in [1.82, 2.24) is 0 Å². The average Bonchev–Trinajstić information content (AvgIpc) is 2.41. The fourth-order valence-corrected chi connectivity index (χ4v) is 2.23. The van der Waals surface area contributed by atoms with Crippen LogP contribution in [0.15, 0.2) is 40.9 Å². The average molecular weight is 374 g/mol. The van der Waals surface area contributed by atoms with E-state index >= 15 is 0 Å². The van der Waals surface area contributed by atoms with Gasteiger partial charge in [0.2, 0.25) is 0 Å². The normalized spacial score (nSPS) is 10.2. The lowest BCUT2D eigenvalue weighted by atomic mass is 10.2. The molecule has 2 rings (SSSR count). The van der Waals surface area contributed by atoms with Crippen LogP contribution >= 0.6 is 27.5 Å². The number of nitrogens with one attached hydrogen (secondary N) is 1. The van der Waals surface area contributed by atoms with E-state index in [9.17, 15) is 19.3 Å². The number of carbonyl (C=O) groups is 1. The second-order valence-corrected chi connectivity index (χ2v) is 5.27. The van der Waals surface area contributed by atoms with Gasteiger partial charge >= 0.3 is 0 Å². The molecule has 108 valence electrons. The van der Waals surface area contributed by atoms with Crippen molar-refractivity contribution in [3.05, 3.63) is 67.4 Å². The standard InChI is InChI=1S/C13H7BrClFN2O3/c14-7-4-5-10(9(16)6-7)17-13(19)8-2-1-3-11(12(8)15)18(20)21/h1-6H,(H,17,19). The Bertz CT molecular complexity index is 739. The Morgan fingerprint density at radius 3 is 2.67 bits per heavy atom. The summed E-state index contributed by atoms with van der Waals surface area (Å²) >= 11 is 8.92. The van der Waals surface area contributed by atoms with Gasteiger partial charge in [-0.25, -0.2) is 4.39 Å². The highest BCUT2D eigenvalue weighted by molar-refractivity contribution is 9.10. The SMILES string of the molecule is O=C(Nc1ccc(Br)cc1F)c1cccc([N+](=O)[O-])c1Cl. The Hall–Kier alpha value is -1.99.